The van der Waals surface area contributed by atoms with Crippen LogP contribution in [0.2, 0.25) is 0 Å². The van der Waals surface area contributed by atoms with Crippen LogP contribution < -0.4 is 16.1 Å². The van der Waals surface area contributed by atoms with Gasteiger partial charge >= 0.3 is 12.2 Å². The van der Waals surface area contributed by atoms with Crippen molar-refractivity contribution in [3.63, 3.8) is 0 Å². The molecule has 0 aliphatic rings. The lowest BCUT2D eigenvalue weighted by atomic mass is 10.00. The van der Waals surface area contributed by atoms with E-state index >= 15 is 0 Å². The van der Waals surface area contributed by atoms with Crippen LogP contribution in [0, 0.1) is 0 Å². The van der Waals surface area contributed by atoms with Gasteiger partial charge in [-0.2, -0.15) is 13.2 Å². The molecule has 2 aromatic rings. The molecule has 0 radical (unpaired) electrons. The zero-order valence-corrected chi connectivity index (χ0v) is 17.0. The first-order chi connectivity index (χ1) is 13.2. The molecular formula is C19H21BrF3N3O2. The summed E-state index contributed by atoms with van der Waals surface area (Å²) in [6.07, 6.45) is -0.247. The molecule has 0 spiro atoms. The van der Waals surface area contributed by atoms with E-state index in [1.54, 1.807) is 16.8 Å². The van der Waals surface area contributed by atoms with Crippen molar-refractivity contribution in [2.75, 3.05) is 5.32 Å². The molecule has 1 atom stereocenters. The molecule has 9 heteroatoms. The highest BCUT2D eigenvalue weighted by molar-refractivity contribution is 9.10. The molecule has 0 saturated heterocycles. The first kappa shape index (κ1) is 22.0. The minimum Gasteiger partial charge on any atom is -0.351 e. The number of nitrogens with zero attached hydrogens (tertiary/aromatic N) is 1. The van der Waals surface area contributed by atoms with Crippen molar-refractivity contribution < 1.29 is 18.0 Å². The topological polar surface area (TPSA) is 63.1 Å². The number of carbonyl (C=O) groups is 1. The molecule has 5 nitrogen and oxygen atoms in total. The number of aromatic nitrogens is 1. The summed E-state index contributed by atoms with van der Waals surface area (Å²) >= 11 is 3.16. The van der Waals surface area contributed by atoms with Crippen molar-refractivity contribution in [2.45, 2.75) is 45.5 Å². The molecule has 28 heavy (non-hydrogen) atoms. The highest BCUT2D eigenvalue weighted by Crippen LogP contribution is 2.31. The van der Waals surface area contributed by atoms with E-state index < -0.39 is 23.8 Å². The number of aryl methyl sites for hydroxylation is 1. The Bertz CT molecular complexity index is 897. The lowest BCUT2D eigenvalue weighted by Crippen LogP contribution is -2.34. The van der Waals surface area contributed by atoms with E-state index in [1.165, 1.54) is 12.3 Å². The number of nitrogens with one attached hydrogen (secondary N) is 2. The van der Waals surface area contributed by atoms with Crippen LogP contribution in [0.3, 0.4) is 0 Å². The number of rotatable bonds is 6. The van der Waals surface area contributed by atoms with E-state index in [0.29, 0.717) is 29.4 Å². The molecule has 2 amide bonds. The Hall–Kier alpha value is -2.29. The first-order valence-corrected chi connectivity index (χ1v) is 9.59. The van der Waals surface area contributed by atoms with Crippen molar-refractivity contribution in [1.29, 1.82) is 0 Å². The van der Waals surface area contributed by atoms with Crippen LogP contribution in [0.5, 0.6) is 0 Å². The third kappa shape index (κ3) is 5.60. The number of benzene rings is 1. The van der Waals surface area contributed by atoms with Gasteiger partial charge in [-0.3, -0.25) is 4.79 Å². The third-order valence-electron chi connectivity index (χ3n) is 4.15. The summed E-state index contributed by atoms with van der Waals surface area (Å²) in [4.78, 5) is 24.6. The second kappa shape index (κ2) is 9.27. The van der Waals surface area contributed by atoms with Crippen LogP contribution in [-0.2, 0) is 12.7 Å². The Balaban J connectivity index is 2.22. The monoisotopic (exact) mass is 459 g/mol. The minimum atomic E-state index is -4.46. The smallest absolute Gasteiger partial charge is 0.351 e. The van der Waals surface area contributed by atoms with E-state index in [1.807, 2.05) is 13.8 Å². The minimum absolute atomic E-state index is 0.0769. The summed E-state index contributed by atoms with van der Waals surface area (Å²) in [6, 6.07) is 3.60. The second-order valence-corrected chi connectivity index (χ2v) is 7.10. The predicted molar refractivity (Wildman–Crippen MR) is 105 cm³/mol. The summed E-state index contributed by atoms with van der Waals surface area (Å²) in [5.74, 6) is 0. The van der Waals surface area contributed by atoms with Crippen LogP contribution in [0.25, 0.3) is 0 Å². The lowest BCUT2D eigenvalue weighted by Gasteiger charge is -2.20. The van der Waals surface area contributed by atoms with Crippen LogP contribution >= 0.6 is 15.9 Å². The van der Waals surface area contributed by atoms with E-state index in [9.17, 15) is 22.8 Å². The fraction of sp³-hybridized carbons (Fsp3) is 0.368. The van der Waals surface area contributed by atoms with Crippen LogP contribution in [0.15, 0.2) is 45.9 Å². The van der Waals surface area contributed by atoms with Crippen LogP contribution in [0.4, 0.5) is 23.7 Å². The zero-order valence-electron chi connectivity index (χ0n) is 15.4. The maximum absolute atomic E-state index is 13.0. The molecule has 1 aromatic carbocycles. The fourth-order valence-electron chi connectivity index (χ4n) is 2.73. The third-order valence-corrected chi connectivity index (χ3v) is 4.71. The van der Waals surface area contributed by atoms with Gasteiger partial charge in [-0.1, -0.05) is 25.5 Å². The number of alkyl halides is 3. The highest BCUT2D eigenvalue weighted by atomic mass is 79.9. The van der Waals surface area contributed by atoms with Gasteiger partial charge in [0, 0.05) is 18.9 Å². The summed E-state index contributed by atoms with van der Waals surface area (Å²) in [7, 11) is 0. The molecule has 1 heterocycles. The van der Waals surface area contributed by atoms with E-state index in [2.05, 4.69) is 26.6 Å². The second-order valence-electron chi connectivity index (χ2n) is 6.24. The van der Waals surface area contributed by atoms with Gasteiger partial charge in [-0.25, -0.2) is 4.79 Å². The van der Waals surface area contributed by atoms with Gasteiger partial charge in [0.1, 0.15) is 5.69 Å². The van der Waals surface area contributed by atoms with Crippen molar-refractivity contribution >= 4 is 27.6 Å². The highest BCUT2D eigenvalue weighted by Gasteiger charge is 2.31. The van der Waals surface area contributed by atoms with Crippen molar-refractivity contribution in [3.05, 3.63) is 62.5 Å². The number of pyridine rings is 1. The molecule has 152 valence electrons. The molecule has 0 fully saturated rings. The largest absolute Gasteiger partial charge is 0.416 e. The van der Waals surface area contributed by atoms with Gasteiger partial charge in [0.2, 0.25) is 5.43 Å². The number of urea groups is 1. The Morgan fingerprint density at radius 3 is 2.57 bits per heavy atom. The average molecular weight is 460 g/mol. The summed E-state index contributed by atoms with van der Waals surface area (Å²) < 4.78 is 41.0. The molecule has 0 aliphatic heterocycles. The number of anilines is 1. The fourth-order valence-corrected chi connectivity index (χ4v) is 3.20. The molecule has 2 rings (SSSR count). The Labute approximate surface area is 169 Å². The Kier molecular flexibility index (Phi) is 7.29. The summed E-state index contributed by atoms with van der Waals surface area (Å²) in [5, 5.41) is 5.16. The lowest BCUT2D eigenvalue weighted by molar-refractivity contribution is -0.137. The number of carbonyl (C=O) groups excluding carboxylic acids is 1. The first-order valence-electron chi connectivity index (χ1n) is 8.80. The maximum Gasteiger partial charge on any atom is 0.416 e. The van der Waals surface area contributed by atoms with Crippen molar-refractivity contribution in [2.24, 2.45) is 0 Å². The van der Waals surface area contributed by atoms with Gasteiger partial charge in [0.15, 0.2) is 0 Å². The predicted octanol–water partition coefficient (Wildman–Crippen LogP) is 5.31. The van der Waals surface area contributed by atoms with Crippen LogP contribution in [0.1, 0.15) is 43.9 Å². The normalized spacial score (nSPS) is 12.5. The molecule has 0 aliphatic carbocycles. The maximum atomic E-state index is 13.0. The van der Waals surface area contributed by atoms with Gasteiger partial charge < -0.3 is 15.2 Å². The Morgan fingerprint density at radius 2 is 1.96 bits per heavy atom. The van der Waals surface area contributed by atoms with E-state index in [-0.39, 0.29) is 11.1 Å². The van der Waals surface area contributed by atoms with Crippen LogP contribution in [-0.4, -0.2) is 10.6 Å². The molecule has 2 N–H and O–H groups in total. The average Bonchev–Trinajstić information content (AvgIpc) is 2.64. The molecule has 0 saturated carbocycles. The number of hydrogen-bond donors (Lipinski definition) is 2. The van der Waals surface area contributed by atoms with Gasteiger partial charge in [-0.05, 0) is 47.0 Å². The number of halogens is 4. The van der Waals surface area contributed by atoms with Crippen molar-refractivity contribution in [1.82, 2.24) is 9.88 Å². The Morgan fingerprint density at radius 1 is 1.25 bits per heavy atom. The molecule has 1 unspecified atom stereocenters. The van der Waals surface area contributed by atoms with Gasteiger partial charge in [-0.15, -0.1) is 0 Å². The number of hydrogen-bond acceptors (Lipinski definition) is 2. The van der Waals surface area contributed by atoms with Gasteiger partial charge in [0.25, 0.3) is 0 Å². The molecule has 1 aromatic heterocycles. The summed E-state index contributed by atoms with van der Waals surface area (Å²) in [5.41, 5.74) is -0.725. The van der Waals surface area contributed by atoms with E-state index in [4.69, 9.17) is 0 Å². The van der Waals surface area contributed by atoms with E-state index in [0.717, 1.165) is 12.1 Å². The summed E-state index contributed by atoms with van der Waals surface area (Å²) in [6.45, 7) is 4.35. The standard InChI is InChI=1S/C19H21BrF3N3O2/c1-3-6-15(12-7-5-8-13(9-12)19(21,22)23)24-18(28)25-16-11-26(4-2)10-14(20)17(16)27/h5,7-11,15H,3-4,6H2,1-2H3,(H2,24,25,28). The quantitative estimate of drug-likeness (QED) is 0.614. The van der Waals surface area contributed by atoms with Gasteiger partial charge in [0.05, 0.1) is 16.1 Å². The zero-order chi connectivity index (χ0) is 20.9. The van der Waals surface area contributed by atoms with Crippen molar-refractivity contribution in [3.8, 4) is 0 Å². The number of amides is 2. The molecular weight excluding hydrogens is 439 g/mol. The SMILES string of the molecule is CCCC(NC(=O)Nc1cn(CC)cc(Br)c1=O)c1cccc(C(F)(F)F)c1. The molecule has 0 bridgehead atoms.